The van der Waals surface area contributed by atoms with E-state index in [0.717, 1.165) is 11.4 Å². The Morgan fingerprint density at radius 3 is 2.82 bits per heavy atom. The van der Waals surface area contributed by atoms with Gasteiger partial charge in [0.2, 0.25) is 0 Å². The highest BCUT2D eigenvalue weighted by Gasteiger charge is 2.08. The quantitative estimate of drug-likeness (QED) is 0.897. The highest BCUT2D eigenvalue weighted by molar-refractivity contribution is 7.09. The van der Waals surface area contributed by atoms with Gasteiger partial charge in [-0.1, -0.05) is 0 Å². The molecule has 0 fully saturated rings. The molecule has 0 radical (unpaired) electrons. The standard InChI is InChI=1S/C13H16N2OS/c1-9-6-11(16-3)4-5-12(9)15-10(2)13-7-14-8-17-13/h4-8,10,15H,1-3H3. The van der Waals surface area contributed by atoms with E-state index >= 15 is 0 Å². The molecule has 0 saturated carbocycles. The smallest absolute Gasteiger partial charge is 0.119 e. The van der Waals surface area contributed by atoms with E-state index in [1.807, 2.05) is 29.9 Å². The monoisotopic (exact) mass is 248 g/mol. The molecule has 1 aromatic heterocycles. The van der Waals surface area contributed by atoms with Crippen molar-refractivity contribution in [1.29, 1.82) is 0 Å². The van der Waals surface area contributed by atoms with Gasteiger partial charge in [0.15, 0.2) is 0 Å². The molecular weight excluding hydrogens is 232 g/mol. The first kappa shape index (κ1) is 11.9. The summed E-state index contributed by atoms with van der Waals surface area (Å²) >= 11 is 1.67. The van der Waals surface area contributed by atoms with Gasteiger partial charge in [0.1, 0.15) is 5.75 Å². The number of nitrogens with one attached hydrogen (secondary N) is 1. The van der Waals surface area contributed by atoms with E-state index in [4.69, 9.17) is 4.74 Å². The lowest BCUT2D eigenvalue weighted by molar-refractivity contribution is 0.414. The lowest BCUT2D eigenvalue weighted by atomic mass is 10.1. The van der Waals surface area contributed by atoms with Crippen LogP contribution in [0.2, 0.25) is 0 Å². The van der Waals surface area contributed by atoms with Crippen LogP contribution in [0, 0.1) is 6.92 Å². The minimum atomic E-state index is 0.273. The van der Waals surface area contributed by atoms with E-state index in [9.17, 15) is 0 Å². The molecule has 0 aliphatic rings. The number of benzene rings is 1. The van der Waals surface area contributed by atoms with Crippen LogP contribution in [-0.2, 0) is 0 Å². The molecule has 2 aromatic rings. The fourth-order valence-corrected chi connectivity index (χ4v) is 2.30. The largest absolute Gasteiger partial charge is 0.497 e. The minimum absolute atomic E-state index is 0.273. The Morgan fingerprint density at radius 1 is 1.41 bits per heavy atom. The summed E-state index contributed by atoms with van der Waals surface area (Å²) in [4.78, 5) is 5.33. The van der Waals surface area contributed by atoms with Gasteiger partial charge < -0.3 is 10.1 Å². The number of methoxy groups -OCH3 is 1. The van der Waals surface area contributed by atoms with Crippen molar-refractivity contribution in [2.75, 3.05) is 12.4 Å². The highest BCUT2D eigenvalue weighted by atomic mass is 32.1. The van der Waals surface area contributed by atoms with E-state index in [-0.39, 0.29) is 6.04 Å². The third-order valence-electron chi connectivity index (χ3n) is 2.68. The molecule has 0 spiro atoms. The summed E-state index contributed by atoms with van der Waals surface area (Å²) in [6, 6.07) is 6.32. The number of nitrogens with zero attached hydrogens (tertiary/aromatic N) is 1. The summed E-state index contributed by atoms with van der Waals surface area (Å²) in [6.45, 7) is 4.21. The Kier molecular flexibility index (Phi) is 3.64. The summed E-state index contributed by atoms with van der Waals surface area (Å²) in [5.74, 6) is 0.887. The Labute approximate surface area is 105 Å². The molecule has 90 valence electrons. The van der Waals surface area contributed by atoms with Gasteiger partial charge in [0, 0.05) is 16.8 Å². The minimum Gasteiger partial charge on any atom is -0.497 e. The van der Waals surface area contributed by atoms with Crippen LogP contribution in [0.1, 0.15) is 23.4 Å². The second-order valence-electron chi connectivity index (χ2n) is 3.95. The second kappa shape index (κ2) is 5.19. The SMILES string of the molecule is COc1ccc(NC(C)c2cncs2)c(C)c1. The first-order valence-corrected chi connectivity index (χ1v) is 6.38. The molecule has 0 bridgehead atoms. The number of hydrogen-bond donors (Lipinski definition) is 1. The molecule has 1 aromatic carbocycles. The van der Waals surface area contributed by atoms with E-state index in [2.05, 4.69) is 24.1 Å². The summed E-state index contributed by atoms with van der Waals surface area (Å²) in [5.41, 5.74) is 4.17. The van der Waals surface area contributed by atoms with Gasteiger partial charge in [-0.25, -0.2) is 0 Å². The van der Waals surface area contributed by atoms with Crippen molar-refractivity contribution in [2.45, 2.75) is 19.9 Å². The summed E-state index contributed by atoms with van der Waals surface area (Å²) in [5, 5.41) is 3.48. The van der Waals surface area contributed by atoms with Crippen molar-refractivity contribution in [3.63, 3.8) is 0 Å². The molecule has 17 heavy (non-hydrogen) atoms. The average molecular weight is 248 g/mol. The number of aromatic nitrogens is 1. The van der Waals surface area contributed by atoms with Gasteiger partial charge in [0.25, 0.3) is 0 Å². The normalized spacial score (nSPS) is 12.2. The molecule has 1 heterocycles. The van der Waals surface area contributed by atoms with Gasteiger partial charge in [-0.05, 0) is 37.6 Å². The fraction of sp³-hybridized carbons (Fsp3) is 0.308. The molecule has 4 heteroatoms. The van der Waals surface area contributed by atoms with Gasteiger partial charge in [-0.15, -0.1) is 11.3 Å². The van der Waals surface area contributed by atoms with E-state index < -0.39 is 0 Å². The Hall–Kier alpha value is -1.55. The summed E-state index contributed by atoms with van der Waals surface area (Å²) in [6.07, 6.45) is 1.90. The van der Waals surface area contributed by atoms with Gasteiger partial charge in [-0.3, -0.25) is 4.98 Å². The highest BCUT2D eigenvalue weighted by Crippen LogP contribution is 2.26. The second-order valence-corrected chi connectivity index (χ2v) is 4.87. The first-order valence-electron chi connectivity index (χ1n) is 5.50. The molecule has 0 aliphatic heterocycles. The zero-order chi connectivity index (χ0) is 12.3. The van der Waals surface area contributed by atoms with E-state index in [1.54, 1.807) is 18.4 Å². The molecule has 0 saturated heterocycles. The number of ether oxygens (including phenoxy) is 1. The third-order valence-corrected chi connectivity index (χ3v) is 3.64. The number of hydrogen-bond acceptors (Lipinski definition) is 4. The van der Waals surface area contributed by atoms with Gasteiger partial charge in [0.05, 0.1) is 18.7 Å². The average Bonchev–Trinajstić information content (AvgIpc) is 2.85. The molecule has 1 atom stereocenters. The van der Waals surface area contributed by atoms with Crippen molar-refractivity contribution in [2.24, 2.45) is 0 Å². The van der Waals surface area contributed by atoms with Crippen LogP contribution in [0.3, 0.4) is 0 Å². The number of thiazole rings is 1. The molecular formula is C13H16N2OS. The van der Waals surface area contributed by atoms with Crippen LogP contribution < -0.4 is 10.1 Å². The van der Waals surface area contributed by atoms with Crippen molar-refractivity contribution in [3.8, 4) is 5.75 Å². The van der Waals surface area contributed by atoms with Gasteiger partial charge >= 0.3 is 0 Å². The van der Waals surface area contributed by atoms with Crippen LogP contribution in [0.25, 0.3) is 0 Å². The zero-order valence-corrected chi connectivity index (χ0v) is 11.0. The van der Waals surface area contributed by atoms with Crippen molar-refractivity contribution in [1.82, 2.24) is 4.98 Å². The van der Waals surface area contributed by atoms with Crippen LogP contribution in [0.5, 0.6) is 5.75 Å². The van der Waals surface area contributed by atoms with Crippen molar-refractivity contribution >= 4 is 17.0 Å². The maximum absolute atomic E-state index is 5.19. The maximum Gasteiger partial charge on any atom is 0.119 e. The third kappa shape index (κ3) is 2.77. The van der Waals surface area contributed by atoms with E-state index in [0.29, 0.717) is 0 Å². The fourth-order valence-electron chi connectivity index (χ4n) is 1.67. The lowest BCUT2D eigenvalue weighted by Gasteiger charge is -2.16. The Bertz CT molecular complexity index is 482. The number of aryl methyl sites for hydroxylation is 1. The Balaban J connectivity index is 2.13. The summed E-state index contributed by atoms with van der Waals surface area (Å²) < 4.78 is 5.19. The van der Waals surface area contributed by atoms with Crippen LogP contribution in [0.15, 0.2) is 29.9 Å². The van der Waals surface area contributed by atoms with Crippen LogP contribution in [0.4, 0.5) is 5.69 Å². The Morgan fingerprint density at radius 2 is 2.24 bits per heavy atom. The number of anilines is 1. The predicted molar refractivity (Wildman–Crippen MR) is 71.9 cm³/mol. The lowest BCUT2D eigenvalue weighted by Crippen LogP contribution is -2.06. The number of rotatable bonds is 4. The van der Waals surface area contributed by atoms with Crippen molar-refractivity contribution < 1.29 is 4.74 Å². The zero-order valence-electron chi connectivity index (χ0n) is 10.2. The molecule has 1 unspecified atom stereocenters. The molecule has 2 rings (SSSR count). The predicted octanol–water partition coefficient (Wildman–Crippen LogP) is 3.63. The molecule has 0 amide bonds. The summed E-state index contributed by atoms with van der Waals surface area (Å²) in [7, 11) is 1.68. The molecule has 1 N–H and O–H groups in total. The maximum atomic E-state index is 5.19. The van der Waals surface area contributed by atoms with Crippen molar-refractivity contribution in [3.05, 3.63) is 40.3 Å². The van der Waals surface area contributed by atoms with Crippen LogP contribution >= 0.6 is 11.3 Å². The topological polar surface area (TPSA) is 34.1 Å². The first-order chi connectivity index (χ1) is 8.20. The van der Waals surface area contributed by atoms with Gasteiger partial charge in [-0.2, -0.15) is 0 Å². The van der Waals surface area contributed by atoms with E-state index in [1.165, 1.54) is 10.4 Å². The van der Waals surface area contributed by atoms with Crippen LogP contribution in [-0.4, -0.2) is 12.1 Å². The molecule has 3 nitrogen and oxygen atoms in total. The molecule has 0 aliphatic carbocycles.